The molecule has 2 aliphatic heterocycles. The van der Waals surface area contributed by atoms with Crippen molar-refractivity contribution < 1.29 is 9.53 Å². The molecule has 2 atom stereocenters. The van der Waals surface area contributed by atoms with Crippen molar-refractivity contribution in [2.24, 2.45) is 17.3 Å². The summed E-state index contributed by atoms with van der Waals surface area (Å²) in [6.45, 7) is 2.24. The fourth-order valence-corrected chi connectivity index (χ4v) is 4.19. The van der Waals surface area contributed by atoms with Gasteiger partial charge < -0.3 is 20.7 Å². The fourth-order valence-electron chi connectivity index (χ4n) is 4.19. The number of carbonyl (C=O) groups excluding carboxylic acids is 1. The van der Waals surface area contributed by atoms with Crippen LogP contribution in [0.4, 0.5) is 11.8 Å². The topological polar surface area (TPSA) is 117 Å². The zero-order valence-electron chi connectivity index (χ0n) is 14.7. The van der Waals surface area contributed by atoms with E-state index in [0.29, 0.717) is 56.8 Å². The van der Waals surface area contributed by atoms with E-state index >= 15 is 0 Å². The molecular formula is C18H24N6O2. The highest BCUT2D eigenvalue weighted by Gasteiger charge is 2.49. The van der Waals surface area contributed by atoms with E-state index in [1.165, 1.54) is 12.8 Å². The molecule has 1 saturated carbocycles. The molecule has 0 unspecified atom stereocenters. The summed E-state index contributed by atoms with van der Waals surface area (Å²) < 4.78 is 5.36. The van der Waals surface area contributed by atoms with Gasteiger partial charge in [0, 0.05) is 44.5 Å². The Balaban J connectivity index is 1.50. The lowest BCUT2D eigenvalue weighted by atomic mass is 9.80. The summed E-state index contributed by atoms with van der Waals surface area (Å²) in [7, 11) is 0. The van der Waals surface area contributed by atoms with E-state index in [1.807, 2.05) is 4.90 Å². The predicted octanol–water partition coefficient (Wildman–Crippen LogP) is 1.03. The van der Waals surface area contributed by atoms with Crippen LogP contribution in [0.1, 0.15) is 25.7 Å². The number of nitriles is 1. The van der Waals surface area contributed by atoms with Crippen LogP contribution >= 0.6 is 0 Å². The van der Waals surface area contributed by atoms with E-state index < -0.39 is 5.41 Å². The Morgan fingerprint density at radius 2 is 2.15 bits per heavy atom. The van der Waals surface area contributed by atoms with Crippen molar-refractivity contribution in [1.82, 2.24) is 14.9 Å². The SMILES string of the molecule is N#CC1(C(=O)N2C[C@@H](Nc3ccnc(N)n3)[C@H](C3CC3)C2)CCOCC1. The average molecular weight is 356 g/mol. The van der Waals surface area contributed by atoms with Gasteiger partial charge in [-0.15, -0.1) is 0 Å². The number of amides is 1. The Morgan fingerprint density at radius 3 is 2.81 bits per heavy atom. The van der Waals surface area contributed by atoms with E-state index in [0.717, 1.165) is 0 Å². The van der Waals surface area contributed by atoms with Gasteiger partial charge in [0.15, 0.2) is 0 Å². The lowest BCUT2D eigenvalue weighted by Gasteiger charge is -2.33. The lowest BCUT2D eigenvalue weighted by molar-refractivity contribution is -0.142. The molecule has 0 radical (unpaired) electrons. The third-order valence-electron chi connectivity index (χ3n) is 5.86. The molecule has 0 bridgehead atoms. The molecule has 1 amide bonds. The van der Waals surface area contributed by atoms with Crippen LogP contribution in [0.3, 0.4) is 0 Å². The summed E-state index contributed by atoms with van der Waals surface area (Å²) in [6, 6.07) is 4.21. The van der Waals surface area contributed by atoms with E-state index in [2.05, 4.69) is 21.4 Å². The molecule has 3 fully saturated rings. The second-order valence-electron chi connectivity index (χ2n) is 7.57. The van der Waals surface area contributed by atoms with Gasteiger partial charge in [-0.3, -0.25) is 4.79 Å². The molecule has 138 valence electrons. The lowest BCUT2D eigenvalue weighted by Crippen LogP contribution is -2.46. The van der Waals surface area contributed by atoms with Crippen molar-refractivity contribution in [3.63, 3.8) is 0 Å². The van der Waals surface area contributed by atoms with Gasteiger partial charge in [0.05, 0.1) is 6.07 Å². The minimum absolute atomic E-state index is 0.0412. The van der Waals surface area contributed by atoms with Gasteiger partial charge in [0.1, 0.15) is 11.2 Å². The van der Waals surface area contributed by atoms with Crippen LogP contribution in [0.5, 0.6) is 0 Å². The summed E-state index contributed by atoms with van der Waals surface area (Å²) in [4.78, 5) is 23.2. The molecule has 4 rings (SSSR count). The number of aromatic nitrogens is 2. The van der Waals surface area contributed by atoms with Crippen molar-refractivity contribution in [2.45, 2.75) is 31.7 Å². The molecule has 26 heavy (non-hydrogen) atoms. The van der Waals surface area contributed by atoms with Gasteiger partial charge in [-0.2, -0.15) is 10.2 Å². The smallest absolute Gasteiger partial charge is 0.243 e. The van der Waals surface area contributed by atoms with Gasteiger partial charge in [-0.25, -0.2) is 4.98 Å². The molecule has 2 saturated heterocycles. The number of nitrogens with zero attached hydrogens (tertiary/aromatic N) is 4. The van der Waals surface area contributed by atoms with Gasteiger partial charge in [0.2, 0.25) is 11.9 Å². The first-order valence-corrected chi connectivity index (χ1v) is 9.25. The number of hydrogen-bond donors (Lipinski definition) is 2. The fraction of sp³-hybridized carbons (Fsp3) is 0.667. The summed E-state index contributed by atoms with van der Waals surface area (Å²) in [5.74, 6) is 1.89. The maximum Gasteiger partial charge on any atom is 0.243 e. The molecule has 0 spiro atoms. The van der Waals surface area contributed by atoms with Gasteiger partial charge >= 0.3 is 0 Å². The van der Waals surface area contributed by atoms with E-state index in [1.54, 1.807) is 12.3 Å². The van der Waals surface area contributed by atoms with E-state index in [4.69, 9.17) is 10.5 Å². The average Bonchev–Trinajstić information content (AvgIpc) is 3.42. The summed E-state index contributed by atoms with van der Waals surface area (Å²) in [5, 5.41) is 13.1. The molecule has 8 nitrogen and oxygen atoms in total. The first-order chi connectivity index (χ1) is 12.6. The first-order valence-electron chi connectivity index (χ1n) is 9.25. The minimum Gasteiger partial charge on any atom is -0.381 e. The predicted molar refractivity (Wildman–Crippen MR) is 94.7 cm³/mol. The largest absolute Gasteiger partial charge is 0.381 e. The van der Waals surface area contributed by atoms with Gasteiger partial charge in [0.25, 0.3) is 0 Å². The van der Waals surface area contributed by atoms with Crippen LogP contribution in [-0.4, -0.2) is 53.1 Å². The number of likely N-dealkylation sites (tertiary alicyclic amines) is 1. The number of ether oxygens (including phenoxy) is 1. The number of anilines is 2. The summed E-state index contributed by atoms with van der Waals surface area (Å²) >= 11 is 0. The number of hydrogen-bond acceptors (Lipinski definition) is 7. The number of nitrogens with one attached hydrogen (secondary N) is 1. The molecular weight excluding hydrogens is 332 g/mol. The molecule has 3 heterocycles. The van der Waals surface area contributed by atoms with Crippen LogP contribution in [0.2, 0.25) is 0 Å². The maximum absolute atomic E-state index is 13.2. The summed E-state index contributed by atoms with van der Waals surface area (Å²) in [6.07, 6.45) is 4.99. The van der Waals surface area contributed by atoms with Crippen molar-refractivity contribution in [3.8, 4) is 6.07 Å². The zero-order valence-corrected chi connectivity index (χ0v) is 14.7. The number of nitrogen functional groups attached to an aromatic ring is 1. The Hall–Kier alpha value is -2.40. The Labute approximate surface area is 152 Å². The van der Waals surface area contributed by atoms with Crippen molar-refractivity contribution in [3.05, 3.63) is 12.3 Å². The number of rotatable bonds is 4. The van der Waals surface area contributed by atoms with Crippen molar-refractivity contribution in [2.75, 3.05) is 37.4 Å². The minimum atomic E-state index is -0.930. The third kappa shape index (κ3) is 3.19. The third-order valence-corrected chi connectivity index (χ3v) is 5.86. The summed E-state index contributed by atoms with van der Waals surface area (Å²) in [5.41, 5.74) is 4.74. The second-order valence-corrected chi connectivity index (χ2v) is 7.57. The van der Waals surface area contributed by atoms with Crippen molar-refractivity contribution >= 4 is 17.7 Å². The van der Waals surface area contributed by atoms with Crippen LogP contribution in [0.25, 0.3) is 0 Å². The standard InChI is InChI=1S/C18H24N6O2/c19-11-18(4-7-26-8-5-18)16(25)24-9-13(12-1-2-12)14(10-24)22-15-3-6-21-17(20)23-15/h3,6,12-14H,1-2,4-5,7-10H2,(H3,20,21,22,23)/t13-,14+/m0/s1. The molecule has 0 aromatic carbocycles. The van der Waals surface area contributed by atoms with Crippen molar-refractivity contribution in [1.29, 1.82) is 5.26 Å². The van der Waals surface area contributed by atoms with Crippen LogP contribution < -0.4 is 11.1 Å². The maximum atomic E-state index is 13.2. The highest BCUT2D eigenvalue weighted by molar-refractivity contribution is 5.86. The Morgan fingerprint density at radius 1 is 1.38 bits per heavy atom. The van der Waals surface area contributed by atoms with E-state index in [-0.39, 0.29) is 17.9 Å². The highest BCUT2D eigenvalue weighted by Crippen LogP contribution is 2.43. The number of nitrogens with two attached hydrogens (primary N) is 1. The molecule has 8 heteroatoms. The second kappa shape index (κ2) is 6.72. The first kappa shape index (κ1) is 17.0. The number of carbonyl (C=O) groups is 1. The molecule has 1 aromatic heterocycles. The molecule has 1 aromatic rings. The molecule has 3 N–H and O–H groups in total. The quantitative estimate of drug-likeness (QED) is 0.827. The zero-order chi connectivity index (χ0) is 18.1. The Kier molecular flexibility index (Phi) is 4.41. The normalized spacial score (nSPS) is 27.7. The van der Waals surface area contributed by atoms with Crippen LogP contribution in [0, 0.1) is 28.6 Å². The highest BCUT2D eigenvalue weighted by atomic mass is 16.5. The Bertz CT molecular complexity index is 723. The van der Waals surface area contributed by atoms with Gasteiger partial charge in [-0.1, -0.05) is 0 Å². The molecule has 3 aliphatic rings. The molecule has 1 aliphatic carbocycles. The van der Waals surface area contributed by atoms with Crippen LogP contribution in [0.15, 0.2) is 12.3 Å². The van der Waals surface area contributed by atoms with Gasteiger partial charge in [-0.05, 0) is 37.7 Å². The van der Waals surface area contributed by atoms with E-state index in [9.17, 15) is 10.1 Å². The monoisotopic (exact) mass is 356 g/mol. The van der Waals surface area contributed by atoms with Crippen LogP contribution in [-0.2, 0) is 9.53 Å².